The van der Waals surface area contributed by atoms with Crippen LogP contribution >= 0.6 is 0 Å². The summed E-state index contributed by atoms with van der Waals surface area (Å²) in [5.41, 5.74) is 3.67. The number of hydrogen-bond acceptors (Lipinski definition) is 6. The number of anilines is 2. The van der Waals surface area contributed by atoms with Crippen LogP contribution in [0.2, 0.25) is 0 Å². The van der Waals surface area contributed by atoms with E-state index in [9.17, 15) is 13.2 Å². The highest BCUT2D eigenvalue weighted by molar-refractivity contribution is 5.82. The van der Waals surface area contributed by atoms with Crippen LogP contribution < -0.4 is 14.4 Å². The first-order valence-corrected chi connectivity index (χ1v) is 11.5. The van der Waals surface area contributed by atoms with Crippen LogP contribution in [0.15, 0.2) is 55.0 Å². The monoisotopic (exact) mass is 499 g/mol. The number of aromatic nitrogens is 4. The summed E-state index contributed by atoms with van der Waals surface area (Å²) in [7, 11) is 2.99. The molecular weight excluding hydrogens is 471 g/mol. The van der Waals surface area contributed by atoms with E-state index in [2.05, 4.69) is 10.1 Å². The molecule has 0 amide bonds. The number of ether oxygens (including phenoxy) is 2. The van der Waals surface area contributed by atoms with Gasteiger partial charge in [-0.1, -0.05) is 6.92 Å². The molecule has 0 aliphatic rings. The van der Waals surface area contributed by atoms with Crippen molar-refractivity contribution in [2.45, 2.75) is 33.0 Å². The molecule has 36 heavy (non-hydrogen) atoms. The number of methoxy groups -OCH3 is 2. The molecule has 1 atom stereocenters. The standard InChI is InChI=1S/C26H28F3N5O2/c1-16(2)34-15-18(12-31-34)25-13-30-23-7-6-19(10-24(23)32-25)33(14-17(3)26(27,28)29)20-8-21(35-4)11-22(9-20)36-5/h6-13,15-17H,14H2,1-5H3/t17-/m1/s1. The summed E-state index contributed by atoms with van der Waals surface area (Å²) in [5.74, 6) is -0.650. The minimum absolute atomic E-state index is 0.197. The Bertz CT molecular complexity index is 1330. The molecule has 2 aromatic heterocycles. The third-order valence-electron chi connectivity index (χ3n) is 5.93. The number of hydrogen-bond donors (Lipinski definition) is 0. The SMILES string of the molecule is COc1cc(OC)cc(N(C[C@@H](C)C(F)(F)F)c2ccc3ncc(-c4cnn(C(C)C)c4)nc3c2)c1. The predicted octanol–water partition coefficient (Wildman–Crippen LogP) is 6.43. The van der Waals surface area contributed by atoms with Crippen molar-refractivity contribution in [3.8, 4) is 22.8 Å². The Morgan fingerprint density at radius 1 is 0.917 bits per heavy atom. The molecule has 4 aromatic rings. The maximum atomic E-state index is 13.6. The summed E-state index contributed by atoms with van der Waals surface area (Å²) in [4.78, 5) is 10.8. The van der Waals surface area contributed by atoms with E-state index in [0.29, 0.717) is 39.6 Å². The molecule has 0 aliphatic heterocycles. The smallest absolute Gasteiger partial charge is 0.393 e. The van der Waals surface area contributed by atoms with Crippen LogP contribution in [-0.2, 0) is 0 Å². The molecule has 0 saturated heterocycles. The van der Waals surface area contributed by atoms with Gasteiger partial charge in [0.25, 0.3) is 0 Å². The molecule has 7 nitrogen and oxygen atoms in total. The molecular formula is C26H28F3N5O2. The van der Waals surface area contributed by atoms with E-state index in [1.54, 1.807) is 53.7 Å². The van der Waals surface area contributed by atoms with Crippen molar-refractivity contribution in [1.29, 1.82) is 0 Å². The molecule has 0 fully saturated rings. The average molecular weight is 500 g/mol. The summed E-state index contributed by atoms with van der Waals surface area (Å²) in [6.45, 7) is 4.91. The van der Waals surface area contributed by atoms with Crippen molar-refractivity contribution in [1.82, 2.24) is 19.7 Å². The topological polar surface area (TPSA) is 65.3 Å². The predicted molar refractivity (Wildman–Crippen MR) is 133 cm³/mol. The minimum atomic E-state index is -4.36. The third-order valence-corrected chi connectivity index (χ3v) is 5.93. The van der Waals surface area contributed by atoms with Crippen LogP contribution in [0.4, 0.5) is 24.5 Å². The molecule has 0 N–H and O–H groups in total. The van der Waals surface area contributed by atoms with E-state index in [0.717, 1.165) is 12.5 Å². The second-order valence-electron chi connectivity index (χ2n) is 8.86. The van der Waals surface area contributed by atoms with Gasteiger partial charge in [-0.2, -0.15) is 18.3 Å². The molecule has 2 aromatic carbocycles. The largest absolute Gasteiger partial charge is 0.497 e. The third kappa shape index (κ3) is 5.37. The van der Waals surface area contributed by atoms with Gasteiger partial charge in [0.15, 0.2) is 0 Å². The Morgan fingerprint density at radius 2 is 1.61 bits per heavy atom. The first kappa shape index (κ1) is 25.3. The first-order chi connectivity index (χ1) is 17.1. The summed E-state index contributed by atoms with van der Waals surface area (Å²) in [6.07, 6.45) is 0.922. The summed E-state index contributed by atoms with van der Waals surface area (Å²) in [6, 6.07) is 10.5. The molecule has 10 heteroatoms. The lowest BCUT2D eigenvalue weighted by Gasteiger charge is -2.29. The summed E-state index contributed by atoms with van der Waals surface area (Å²) >= 11 is 0. The highest BCUT2D eigenvalue weighted by Crippen LogP contribution is 2.37. The number of halogens is 3. The second-order valence-corrected chi connectivity index (χ2v) is 8.86. The Labute approximate surface area is 207 Å². The Hall–Kier alpha value is -3.82. The second kappa shape index (κ2) is 10.0. The maximum Gasteiger partial charge on any atom is 0.393 e. The molecule has 0 saturated carbocycles. The Kier molecular flexibility index (Phi) is 7.05. The zero-order valence-corrected chi connectivity index (χ0v) is 20.7. The maximum absolute atomic E-state index is 13.6. The van der Waals surface area contributed by atoms with Crippen LogP contribution in [0.3, 0.4) is 0 Å². The molecule has 0 bridgehead atoms. The van der Waals surface area contributed by atoms with Crippen molar-refractivity contribution in [2.24, 2.45) is 5.92 Å². The van der Waals surface area contributed by atoms with Crippen molar-refractivity contribution in [2.75, 3.05) is 25.7 Å². The molecule has 4 rings (SSSR count). The number of nitrogens with zero attached hydrogens (tertiary/aromatic N) is 5. The highest BCUT2D eigenvalue weighted by Gasteiger charge is 2.37. The van der Waals surface area contributed by atoms with E-state index >= 15 is 0 Å². The van der Waals surface area contributed by atoms with Gasteiger partial charge < -0.3 is 14.4 Å². The van der Waals surface area contributed by atoms with Crippen molar-refractivity contribution < 1.29 is 22.6 Å². The van der Waals surface area contributed by atoms with Crippen LogP contribution in [0.5, 0.6) is 11.5 Å². The van der Waals surface area contributed by atoms with Crippen LogP contribution in [0.25, 0.3) is 22.3 Å². The summed E-state index contributed by atoms with van der Waals surface area (Å²) < 4.78 is 53.3. The zero-order chi connectivity index (χ0) is 26.0. The molecule has 0 unspecified atom stereocenters. The van der Waals surface area contributed by atoms with E-state index < -0.39 is 12.1 Å². The van der Waals surface area contributed by atoms with Gasteiger partial charge in [-0.05, 0) is 32.0 Å². The number of rotatable bonds is 8. The number of benzene rings is 2. The minimum Gasteiger partial charge on any atom is -0.497 e. The van der Waals surface area contributed by atoms with Crippen LogP contribution in [0.1, 0.15) is 26.8 Å². The van der Waals surface area contributed by atoms with Gasteiger partial charge in [0, 0.05) is 53.9 Å². The first-order valence-electron chi connectivity index (χ1n) is 11.5. The lowest BCUT2D eigenvalue weighted by atomic mass is 10.1. The van der Waals surface area contributed by atoms with Gasteiger partial charge in [0.2, 0.25) is 0 Å². The van der Waals surface area contributed by atoms with Crippen LogP contribution in [-0.4, -0.2) is 46.7 Å². The van der Waals surface area contributed by atoms with Crippen molar-refractivity contribution in [3.05, 3.63) is 55.0 Å². The van der Waals surface area contributed by atoms with Gasteiger partial charge in [-0.15, -0.1) is 0 Å². The quantitative estimate of drug-likeness (QED) is 0.278. The fourth-order valence-electron chi connectivity index (χ4n) is 3.75. The van der Waals surface area contributed by atoms with Gasteiger partial charge in [-0.25, -0.2) is 4.98 Å². The Morgan fingerprint density at radius 3 is 2.19 bits per heavy atom. The van der Waals surface area contributed by atoms with E-state index in [1.807, 2.05) is 24.7 Å². The fraction of sp³-hybridized carbons (Fsp3) is 0.346. The van der Waals surface area contributed by atoms with Gasteiger partial charge in [0.05, 0.1) is 49.3 Å². The number of fused-ring (bicyclic) bond motifs is 1. The van der Waals surface area contributed by atoms with E-state index in [1.165, 1.54) is 14.2 Å². The number of alkyl halides is 3. The van der Waals surface area contributed by atoms with Crippen molar-refractivity contribution >= 4 is 22.4 Å². The van der Waals surface area contributed by atoms with Gasteiger partial charge >= 0.3 is 6.18 Å². The highest BCUT2D eigenvalue weighted by atomic mass is 19.4. The van der Waals surface area contributed by atoms with Gasteiger partial charge in [-0.3, -0.25) is 9.67 Å². The van der Waals surface area contributed by atoms with E-state index in [4.69, 9.17) is 14.5 Å². The van der Waals surface area contributed by atoms with Crippen LogP contribution in [0, 0.1) is 5.92 Å². The summed E-state index contributed by atoms with van der Waals surface area (Å²) in [5, 5.41) is 4.36. The average Bonchev–Trinajstić information content (AvgIpc) is 3.36. The molecule has 0 spiro atoms. The molecule has 0 radical (unpaired) electrons. The lowest BCUT2D eigenvalue weighted by Crippen LogP contribution is -2.32. The zero-order valence-electron chi connectivity index (χ0n) is 20.7. The molecule has 0 aliphatic carbocycles. The normalized spacial score (nSPS) is 12.7. The fourth-order valence-corrected chi connectivity index (χ4v) is 3.75. The molecule has 190 valence electrons. The van der Waals surface area contributed by atoms with Gasteiger partial charge in [0.1, 0.15) is 11.5 Å². The lowest BCUT2D eigenvalue weighted by molar-refractivity contribution is -0.166. The molecule has 2 heterocycles. The van der Waals surface area contributed by atoms with E-state index in [-0.39, 0.29) is 12.6 Å². The van der Waals surface area contributed by atoms with Crippen molar-refractivity contribution in [3.63, 3.8) is 0 Å². The Balaban J connectivity index is 1.80.